The fraction of sp³-hybridized carbons (Fsp3) is 0.812. The molecule has 9 heteroatoms. The Hall–Kier alpha value is -0.930. The van der Waals surface area contributed by atoms with Crippen LogP contribution in [-0.4, -0.2) is 58.2 Å². The van der Waals surface area contributed by atoms with Crippen molar-refractivity contribution in [2.45, 2.75) is 62.7 Å². The van der Waals surface area contributed by atoms with Crippen LogP contribution in [0.25, 0.3) is 0 Å². The molecule has 2 unspecified atom stereocenters. The number of unbranched alkanes of at least 4 members (excludes halogenated alkanes) is 2. The summed E-state index contributed by atoms with van der Waals surface area (Å²) in [6, 6.07) is -0.877. The Kier molecular flexibility index (Phi) is 14.8. The molecule has 0 spiro atoms. The highest BCUT2D eigenvalue weighted by Gasteiger charge is 2.17. The smallest absolute Gasteiger partial charge is 0.320 e. The maximum absolute atomic E-state index is 11.7. The van der Waals surface area contributed by atoms with Crippen LogP contribution >= 0.6 is 25.3 Å². The summed E-state index contributed by atoms with van der Waals surface area (Å²) in [6.07, 6.45) is 5.81. The third-order valence-corrected chi connectivity index (χ3v) is 4.47. The molecular weight excluding hydrogens is 364 g/mol. The maximum atomic E-state index is 11.7. The van der Waals surface area contributed by atoms with Gasteiger partial charge in [-0.05, 0) is 44.3 Å². The normalized spacial score (nSPS) is 13.2. The van der Waals surface area contributed by atoms with Crippen LogP contribution in [0, 0.1) is 0 Å². The summed E-state index contributed by atoms with van der Waals surface area (Å²) in [5.41, 5.74) is 0. The standard InChI is InChI=1S/C16H30N2O5S2/c19-14(7-2-1-5-12(25)8-10-24)17-9-4-3-6-13(16(22)23)18-11-15(20)21/h12-13,18,24-25H,1-11H2,(H,17,19)(H,20,21)(H,22,23). The highest BCUT2D eigenvalue weighted by Crippen LogP contribution is 2.12. The number of nitrogens with one attached hydrogen (secondary N) is 2. The number of carbonyl (C=O) groups is 3. The first-order chi connectivity index (χ1) is 11.9. The van der Waals surface area contributed by atoms with E-state index in [1.165, 1.54) is 0 Å². The van der Waals surface area contributed by atoms with E-state index in [9.17, 15) is 14.4 Å². The lowest BCUT2D eigenvalue weighted by Crippen LogP contribution is -2.39. The molecule has 0 fully saturated rings. The summed E-state index contributed by atoms with van der Waals surface area (Å²) in [5, 5.41) is 23.2. The first-order valence-electron chi connectivity index (χ1n) is 8.60. The molecule has 0 aliphatic rings. The van der Waals surface area contributed by atoms with Crippen molar-refractivity contribution in [2.24, 2.45) is 0 Å². The molecule has 1 amide bonds. The van der Waals surface area contributed by atoms with E-state index in [0.717, 1.165) is 31.4 Å². The van der Waals surface area contributed by atoms with Gasteiger partial charge in [-0.15, -0.1) is 0 Å². The molecule has 4 N–H and O–H groups in total. The zero-order chi connectivity index (χ0) is 19.1. The summed E-state index contributed by atoms with van der Waals surface area (Å²) in [4.78, 5) is 33.1. The minimum Gasteiger partial charge on any atom is -0.480 e. The van der Waals surface area contributed by atoms with Crippen molar-refractivity contribution < 1.29 is 24.6 Å². The average molecular weight is 395 g/mol. The van der Waals surface area contributed by atoms with Crippen LogP contribution in [0.3, 0.4) is 0 Å². The first kappa shape index (κ1) is 24.1. The van der Waals surface area contributed by atoms with E-state index < -0.39 is 18.0 Å². The van der Waals surface area contributed by atoms with Crippen molar-refractivity contribution in [1.29, 1.82) is 0 Å². The Labute approximate surface area is 160 Å². The Morgan fingerprint density at radius 2 is 1.64 bits per heavy atom. The molecule has 146 valence electrons. The van der Waals surface area contributed by atoms with Crippen LogP contribution in [0.15, 0.2) is 0 Å². The summed E-state index contributed by atoms with van der Waals surface area (Å²) in [7, 11) is 0. The number of amides is 1. The zero-order valence-corrected chi connectivity index (χ0v) is 16.2. The fourth-order valence-electron chi connectivity index (χ4n) is 2.27. The van der Waals surface area contributed by atoms with Gasteiger partial charge < -0.3 is 15.5 Å². The fourth-order valence-corrected chi connectivity index (χ4v) is 3.10. The van der Waals surface area contributed by atoms with Crippen molar-refractivity contribution in [1.82, 2.24) is 10.6 Å². The van der Waals surface area contributed by atoms with E-state index in [4.69, 9.17) is 10.2 Å². The molecule has 0 aliphatic heterocycles. The molecule has 25 heavy (non-hydrogen) atoms. The van der Waals surface area contributed by atoms with Gasteiger partial charge in [0.1, 0.15) is 6.04 Å². The van der Waals surface area contributed by atoms with E-state index in [-0.39, 0.29) is 12.5 Å². The van der Waals surface area contributed by atoms with Crippen LogP contribution in [0.4, 0.5) is 0 Å². The van der Waals surface area contributed by atoms with Gasteiger partial charge in [0, 0.05) is 18.2 Å². The highest BCUT2D eigenvalue weighted by atomic mass is 32.1. The van der Waals surface area contributed by atoms with Crippen LogP contribution in [0.1, 0.15) is 51.4 Å². The molecule has 0 bridgehead atoms. The second-order valence-corrected chi connectivity index (χ2v) is 7.10. The molecule has 0 radical (unpaired) electrons. The van der Waals surface area contributed by atoms with Crippen molar-refractivity contribution >= 4 is 43.1 Å². The Morgan fingerprint density at radius 3 is 2.24 bits per heavy atom. The number of hydrogen-bond donors (Lipinski definition) is 6. The molecule has 0 aliphatic carbocycles. The quantitative estimate of drug-likeness (QED) is 0.175. The van der Waals surface area contributed by atoms with Crippen LogP contribution in [0.5, 0.6) is 0 Å². The Morgan fingerprint density at radius 1 is 0.960 bits per heavy atom. The predicted octanol–water partition coefficient (Wildman–Crippen LogP) is 1.58. The average Bonchev–Trinajstić information content (AvgIpc) is 2.53. The van der Waals surface area contributed by atoms with Crippen molar-refractivity contribution in [3.05, 3.63) is 0 Å². The second kappa shape index (κ2) is 15.3. The molecule has 2 atom stereocenters. The molecule has 0 rings (SSSR count). The van der Waals surface area contributed by atoms with Crippen molar-refractivity contribution in [3.8, 4) is 0 Å². The zero-order valence-electron chi connectivity index (χ0n) is 14.4. The van der Waals surface area contributed by atoms with E-state index in [1.54, 1.807) is 0 Å². The minimum absolute atomic E-state index is 0.00342. The number of thiol groups is 2. The van der Waals surface area contributed by atoms with E-state index in [0.29, 0.717) is 37.5 Å². The third kappa shape index (κ3) is 15.1. The van der Waals surface area contributed by atoms with Gasteiger partial charge in [0.2, 0.25) is 5.91 Å². The number of carboxylic acid groups (broad SMARTS) is 2. The lowest BCUT2D eigenvalue weighted by atomic mass is 10.1. The largest absolute Gasteiger partial charge is 0.480 e. The third-order valence-electron chi connectivity index (χ3n) is 3.69. The number of rotatable bonds is 16. The lowest BCUT2D eigenvalue weighted by molar-refractivity contribution is -0.140. The molecule has 0 aromatic rings. The van der Waals surface area contributed by atoms with Gasteiger partial charge in [-0.3, -0.25) is 19.7 Å². The number of carboxylic acids is 2. The Bertz CT molecular complexity index is 410. The molecular formula is C16H30N2O5S2. The van der Waals surface area contributed by atoms with Gasteiger partial charge in [-0.1, -0.05) is 6.42 Å². The second-order valence-electron chi connectivity index (χ2n) is 5.92. The summed E-state index contributed by atoms with van der Waals surface area (Å²) in [6.45, 7) is 0.119. The summed E-state index contributed by atoms with van der Waals surface area (Å²) < 4.78 is 0. The van der Waals surface area contributed by atoms with E-state index in [2.05, 4.69) is 35.9 Å². The number of aliphatic carboxylic acids is 2. The number of carbonyl (C=O) groups excluding carboxylic acids is 1. The monoisotopic (exact) mass is 394 g/mol. The molecule has 0 saturated heterocycles. The van der Waals surface area contributed by atoms with E-state index in [1.807, 2.05) is 0 Å². The Balaban J connectivity index is 3.66. The van der Waals surface area contributed by atoms with Crippen molar-refractivity contribution in [2.75, 3.05) is 18.8 Å². The molecule has 0 aromatic carbocycles. The van der Waals surface area contributed by atoms with Gasteiger partial charge in [0.05, 0.1) is 6.54 Å². The number of hydrogen-bond acceptors (Lipinski definition) is 6. The molecule has 7 nitrogen and oxygen atoms in total. The molecule has 0 saturated carbocycles. The minimum atomic E-state index is -1.09. The maximum Gasteiger partial charge on any atom is 0.320 e. The highest BCUT2D eigenvalue weighted by molar-refractivity contribution is 7.81. The van der Waals surface area contributed by atoms with E-state index >= 15 is 0 Å². The molecule has 0 heterocycles. The van der Waals surface area contributed by atoms with Crippen LogP contribution < -0.4 is 10.6 Å². The van der Waals surface area contributed by atoms with Gasteiger partial charge >= 0.3 is 11.9 Å². The van der Waals surface area contributed by atoms with Gasteiger partial charge in [-0.2, -0.15) is 25.3 Å². The molecule has 0 aromatic heterocycles. The van der Waals surface area contributed by atoms with Crippen molar-refractivity contribution in [3.63, 3.8) is 0 Å². The first-order valence-corrected chi connectivity index (χ1v) is 9.75. The van der Waals surface area contributed by atoms with Crippen LogP contribution in [0.2, 0.25) is 0 Å². The SMILES string of the molecule is O=C(O)CNC(CCCCNC(=O)CCCCC(S)CCS)C(=O)O. The lowest BCUT2D eigenvalue weighted by Gasteiger charge is -2.13. The van der Waals surface area contributed by atoms with Gasteiger partial charge in [-0.25, -0.2) is 0 Å². The van der Waals surface area contributed by atoms with Crippen LogP contribution in [-0.2, 0) is 14.4 Å². The summed E-state index contributed by atoms with van der Waals surface area (Å²) in [5.74, 6) is -1.33. The summed E-state index contributed by atoms with van der Waals surface area (Å²) >= 11 is 8.60. The topological polar surface area (TPSA) is 116 Å². The predicted molar refractivity (Wildman–Crippen MR) is 104 cm³/mol. The van der Waals surface area contributed by atoms with Gasteiger partial charge in [0.25, 0.3) is 0 Å². The van der Waals surface area contributed by atoms with Gasteiger partial charge in [0.15, 0.2) is 0 Å².